The van der Waals surface area contributed by atoms with Crippen molar-refractivity contribution in [1.29, 1.82) is 0 Å². The predicted octanol–water partition coefficient (Wildman–Crippen LogP) is 2.17. The standard InChI is InChI=1S/C12H16BrN5/c13-10-7-15-12-6-5-11(17-18(10)12)16-9-3-1-8(14)2-4-9/h5-9H,1-4,14H2,(H,16,17)/t8-,9-. The number of halogens is 1. The van der Waals surface area contributed by atoms with Gasteiger partial charge in [-0.25, -0.2) is 9.50 Å². The fourth-order valence-corrected chi connectivity index (χ4v) is 2.76. The van der Waals surface area contributed by atoms with E-state index < -0.39 is 0 Å². The maximum absolute atomic E-state index is 5.91. The van der Waals surface area contributed by atoms with E-state index in [9.17, 15) is 0 Å². The second-order valence-corrected chi connectivity index (χ2v) is 5.64. The van der Waals surface area contributed by atoms with Crippen molar-refractivity contribution >= 4 is 27.4 Å². The van der Waals surface area contributed by atoms with Gasteiger partial charge in [-0.3, -0.25) is 0 Å². The molecule has 2 aromatic rings. The second kappa shape index (κ2) is 4.85. The van der Waals surface area contributed by atoms with Crippen LogP contribution in [-0.2, 0) is 0 Å². The van der Waals surface area contributed by atoms with Crippen molar-refractivity contribution in [1.82, 2.24) is 14.6 Å². The van der Waals surface area contributed by atoms with E-state index in [1.165, 1.54) is 0 Å². The fraction of sp³-hybridized carbons (Fsp3) is 0.500. The first-order valence-corrected chi connectivity index (χ1v) is 7.04. The molecule has 0 radical (unpaired) electrons. The van der Waals surface area contributed by atoms with E-state index in [2.05, 4.69) is 31.3 Å². The lowest BCUT2D eigenvalue weighted by atomic mass is 9.92. The maximum atomic E-state index is 5.91. The molecule has 0 saturated heterocycles. The highest BCUT2D eigenvalue weighted by molar-refractivity contribution is 9.10. The van der Waals surface area contributed by atoms with Gasteiger partial charge in [0.2, 0.25) is 0 Å². The molecule has 1 fully saturated rings. The van der Waals surface area contributed by atoms with E-state index in [0.717, 1.165) is 41.8 Å². The van der Waals surface area contributed by atoms with Gasteiger partial charge in [0.05, 0.1) is 6.20 Å². The smallest absolute Gasteiger partial charge is 0.154 e. The molecule has 1 saturated carbocycles. The van der Waals surface area contributed by atoms with Crippen LogP contribution in [0.25, 0.3) is 5.65 Å². The van der Waals surface area contributed by atoms with Crippen molar-refractivity contribution in [2.75, 3.05) is 5.32 Å². The van der Waals surface area contributed by atoms with E-state index in [-0.39, 0.29) is 0 Å². The van der Waals surface area contributed by atoms with Crippen LogP contribution in [-0.4, -0.2) is 26.7 Å². The Balaban J connectivity index is 1.76. The van der Waals surface area contributed by atoms with E-state index >= 15 is 0 Å². The molecule has 18 heavy (non-hydrogen) atoms. The van der Waals surface area contributed by atoms with Gasteiger partial charge in [-0.05, 0) is 53.7 Å². The molecule has 2 heterocycles. The minimum atomic E-state index is 0.376. The Hall–Kier alpha value is -1.14. The van der Waals surface area contributed by atoms with Crippen molar-refractivity contribution in [3.05, 3.63) is 22.9 Å². The number of imidazole rings is 1. The van der Waals surface area contributed by atoms with Crippen LogP contribution >= 0.6 is 15.9 Å². The average Bonchev–Trinajstić information content (AvgIpc) is 2.74. The van der Waals surface area contributed by atoms with E-state index in [1.807, 2.05) is 12.1 Å². The summed E-state index contributed by atoms with van der Waals surface area (Å²) in [6.07, 6.45) is 6.17. The monoisotopic (exact) mass is 309 g/mol. The van der Waals surface area contributed by atoms with Crippen molar-refractivity contribution in [3.8, 4) is 0 Å². The largest absolute Gasteiger partial charge is 0.366 e. The summed E-state index contributed by atoms with van der Waals surface area (Å²) in [5, 5.41) is 7.99. The molecule has 1 aliphatic rings. The third-order valence-electron chi connectivity index (χ3n) is 3.44. The Morgan fingerprint density at radius 2 is 2.06 bits per heavy atom. The van der Waals surface area contributed by atoms with Gasteiger partial charge < -0.3 is 11.1 Å². The van der Waals surface area contributed by atoms with Gasteiger partial charge in [0, 0.05) is 12.1 Å². The second-order valence-electron chi connectivity index (χ2n) is 4.83. The third-order valence-corrected chi connectivity index (χ3v) is 3.99. The summed E-state index contributed by atoms with van der Waals surface area (Å²) < 4.78 is 2.66. The molecule has 3 N–H and O–H groups in total. The first-order valence-electron chi connectivity index (χ1n) is 6.25. The lowest BCUT2D eigenvalue weighted by molar-refractivity contribution is 0.410. The molecule has 2 aromatic heterocycles. The number of rotatable bonds is 2. The fourth-order valence-electron chi connectivity index (χ4n) is 2.40. The first kappa shape index (κ1) is 11.9. The van der Waals surface area contributed by atoms with E-state index in [0.29, 0.717) is 12.1 Å². The number of hydrogen-bond acceptors (Lipinski definition) is 4. The van der Waals surface area contributed by atoms with Crippen molar-refractivity contribution < 1.29 is 0 Å². The zero-order valence-corrected chi connectivity index (χ0v) is 11.6. The van der Waals surface area contributed by atoms with E-state index in [1.54, 1.807) is 10.7 Å². The first-order chi connectivity index (χ1) is 8.72. The van der Waals surface area contributed by atoms with Gasteiger partial charge in [-0.15, -0.1) is 5.10 Å². The summed E-state index contributed by atoms with van der Waals surface area (Å²) in [6, 6.07) is 4.80. The Morgan fingerprint density at radius 3 is 2.83 bits per heavy atom. The zero-order valence-electron chi connectivity index (χ0n) is 10.0. The van der Waals surface area contributed by atoms with Gasteiger partial charge >= 0.3 is 0 Å². The van der Waals surface area contributed by atoms with Crippen LogP contribution < -0.4 is 11.1 Å². The molecule has 3 rings (SSSR count). The summed E-state index contributed by atoms with van der Waals surface area (Å²) >= 11 is 3.43. The quantitative estimate of drug-likeness (QED) is 0.892. The SMILES string of the molecule is N[C@H]1CC[C@H](Nc2ccc3ncc(Br)n3n2)CC1. The van der Waals surface area contributed by atoms with Crippen molar-refractivity contribution in [3.63, 3.8) is 0 Å². The van der Waals surface area contributed by atoms with Crippen LogP contribution in [0, 0.1) is 0 Å². The van der Waals surface area contributed by atoms with Crippen LogP contribution in [0.1, 0.15) is 25.7 Å². The third kappa shape index (κ3) is 2.35. The maximum Gasteiger partial charge on any atom is 0.154 e. The summed E-state index contributed by atoms with van der Waals surface area (Å²) in [4.78, 5) is 4.23. The van der Waals surface area contributed by atoms with Gasteiger partial charge in [-0.2, -0.15) is 0 Å². The molecule has 5 nitrogen and oxygen atoms in total. The van der Waals surface area contributed by atoms with Crippen LogP contribution in [0.2, 0.25) is 0 Å². The highest BCUT2D eigenvalue weighted by Gasteiger charge is 2.18. The highest BCUT2D eigenvalue weighted by Crippen LogP contribution is 2.21. The number of aromatic nitrogens is 3. The van der Waals surface area contributed by atoms with Crippen LogP contribution in [0.15, 0.2) is 22.9 Å². The van der Waals surface area contributed by atoms with Crippen molar-refractivity contribution in [2.45, 2.75) is 37.8 Å². The zero-order chi connectivity index (χ0) is 12.5. The van der Waals surface area contributed by atoms with Crippen molar-refractivity contribution in [2.24, 2.45) is 5.73 Å². The molecule has 6 heteroatoms. The molecular formula is C12H16BrN5. The Kier molecular flexibility index (Phi) is 3.22. The molecule has 0 unspecified atom stereocenters. The summed E-state index contributed by atoms with van der Waals surface area (Å²) in [5.74, 6) is 0.890. The summed E-state index contributed by atoms with van der Waals surface area (Å²) in [5.41, 5.74) is 6.75. The molecule has 0 amide bonds. The molecule has 0 spiro atoms. The molecule has 1 aliphatic carbocycles. The number of nitrogens with one attached hydrogen (secondary N) is 1. The van der Waals surface area contributed by atoms with Crippen LogP contribution in [0.3, 0.4) is 0 Å². The summed E-state index contributed by atoms with van der Waals surface area (Å²) in [6.45, 7) is 0. The van der Waals surface area contributed by atoms with Gasteiger partial charge in [0.1, 0.15) is 10.4 Å². The number of nitrogens with two attached hydrogens (primary N) is 1. The number of anilines is 1. The lowest BCUT2D eigenvalue weighted by Crippen LogP contribution is -2.33. The Morgan fingerprint density at radius 1 is 1.28 bits per heavy atom. The Bertz CT molecular complexity index is 544. The van der Waals surface area contributed by atoms with E-state index in [4.69, 9.17) is 5.73 Å². The molecule has 96 valence electrons. The molecular weight excluding hydrogens is 294 g/mol. The minimum Gasteiger partial charge on any atom is -0.366 e. The average molecular weight is 310 g/mol. The van der Waals surface area contributed by atoms with Gasteiger partial charge in [0.15, 0.2) is 5.65 Å². The van der Waals surface area contributed by atoms with Gasteiger partial charge in [0.25, 0.3) is 0 Å². The highest BCUT2D eigenvalue weighted by atomic mass is 79.9. The molecule has 0 aromatic carbocycles. The normalized spacial score (nSPS) is 24.3. The number of fused-ring (bicyclic) bond motifs is 1. The van der Waals surface area contributed by atoms with Gasteiger partial charge in [-0.1, -0.05) is 0 Å². The topological polar surface area (TPSA) is 68.2 Å². The number of hydrogen-bond donors (Lipinski definition) is 2. The predicted molar refractivity (Wildman–Crippen MR) is 74.5 cm³/mol. The van der Waals surface area contributed by atoms with Crippen LogP contribution in [0.5, 0.6) is 0 Å². The number of nitrogens with zero attached hydrogens (tertiary/aromatic N) is 3. The summed E-state index contributed by atoms with van der Waals surface area (Å²) in [7, 11) is 0. The molecule has 0 bridgehead atoms. The molecule has 0 atom stereocenters. The lowest BCUT2D eigenvalue weighted by Gasteiger charge is -2.27. The minimum absolute atomic E-state index is 0.376. The van der Waals surface area contributed by atoms with Crippen LogP contribution in [0.4, 0.5) is 5.82 Å². The molecule has 0 aliphatic heterocycles. The Labute approximate surface area is 114 Å².